The van der Waals surface area contributed by atoms with Gasteiger partial charge in [0, 0.05) is 13.0 Å². The van der Waals surface area contributed by atoms with Crippen LogP contribution >= 0.6 is 0 Å². The van der Waals surface area contributed by atoms with E-state index in [2.05, 4.69) is 0 Å². The van der Waals surface area contributed by atoms with Crippen LogP contribution in [0, 0.1) is 5.92 Å². The Hall–Kier alpha value is -2.31. The highest BCUT2D eigenvalue weighted by Gasteiger charge is 2.36. The fourth-order valence-electron chi connectivity index (χ4n) is 2.00. The Morgan fingerprint density at radius 2 is 2.35 bits per heavy atom. The maximum absolute atomic E-state index is 11.8. The number of rotatable bonds is 5. The number of likely N-dealkylation sites (tertiary alicyclic amines) is 1. The van der Waals surface area contributed by atoms with Gasteiger partial charge in [-0.15, -0.1) is 0 Å². The number of ether oxygens (including phenoxy) is 1. The highest BCUT2D eigenvalue weighted by molar-refractivity contribution is 5.88. The van der Waals surface area contributed by atoms with Gasteiger partial charge in [-0.05, 0) is 19.1 Å². The van der Waals surface area contributed by atoms with E-state index >= 15 is 0 Å². The Morgan fingerprint density at radius 3 is 2.95 bits per heavy atom. The molecule has 2 amide bonds. The van der Waals surface area contributed by atoms with Gasteiger partial charge in [0.1, 0.15) is 5.76 Å². The van der Waals surface area contributed by atoms with Crippen molar-refractivity contribution < 1.29 is 23.5 Å². The van der Waals surface area contributed by atoms with Gasteiger partial charge < -0.3 is 19.8 Å². The smallest absolute Gasteiger partial charge is 0.312 e. The molecule has 0 aliphatic carbocycles. The predicted octanol–water partition coefficient (Wildman–Crippen LogP) is 0.0451. The highest BCUT2D eigenvalue weighted by Crippen LogP contribution is 2.22. The van der Waals surface area contributed by atoms with Crippen molar-refractivity contribution in [3.05, 3.63) is 24.2 Å². The molecule has 2 atom stereocenters. The predicted molar refractivity (Wildman–Crippen MR) is 67.0 cm³/mol. The second kappa shape index (κ2) is 5.77. The molecule has 20 heavy (non-hydrogen) atoms. The van der Waals surface area contributed by atoms with Gasteiger partial charge in [0.15, 0.2) is 6.10 Å². The van der Waals surface area contributed by atoms with Gasteiger partial charge in [0.25, 0.3) is 5.91 Å². The zero-order valence-corrected chi connectivity index (χ0v) is 11.1. The summed E-state index contributed by atoms with van der Waals surface area (Å²) < 4.78 is 10.1. The molecule has 0 spiro atoms. The van der Waals surface area contributed by atoms with Crippen LogP contribution in [0.25, 0.3) is 0 Å². The molecule has 0 aromatic carbocycles. The summed E-state index contributed by atoms with van der Waals surface area (Å²) in [5, 5.41) is 0. The first-order chi connectivity index (χ1) is 9.47. The van der Waals surface area contributed by atoms with Crippen LogP contribution in [0.1, 0.15) is 19.1 Å². The second-order valence-corrected chi connectivity index (χ2v) is 4.74. The summed E-state index contributed by atoms with van der Waals surface area (Å²) in [6.07, 6.45) is 0.609. The fraction of sp³-hybridized carbons (Fsp3) is 0.462. The summed E-state index contributed by atoms with van der Waals surface area (Å²) in [4.78, 5) is 36.0. The number of furan rings is 1. The quantitative estimate of drug-likeness (QED) is 0.767. The van der Waals surface area contributed by atoms with Crippen molar-refractivity contribution in [3.8, 4) is 0 Å². The van der Waals surface area contributed by atoms with E-state index in [0.29, 0.717) is 12.3 Å². The van der Waals surface area contributed by atoms with Crippen molar-refractivity contribution in [1.82, 2.24) is 4.90 Å². The van der Waals surface area contributed by atoms with E-state index in [0.717, 1.165) is 0 Å². The molecule has 2 rings (SSSR count). The number of nitrogens with zero attached hydrogens (tertiary/aromatic N) is 1. The molecule has 7 nitrogen and oxygen atoms in total. The third-order valence-corrected chi connectivity index (χ3v) is 3.17. The molecular formula is C13H16N2O5. The second-order valence-electron chi connectivity index (χ2n) is 4.74. The standard InChI is InChI=1S/C13H16N2O5/c1-8(12(14)17)20-13(18)9-5-11(16)15(6-9)7-10-3-2-4-19-10/h2-4,8-9H,5-7H2,1H3,(H2,14,17)/t8-,9+/m1/s1. The van der Waals surface area contributed by atoms with Crippen LogP contribution in [0.4, 0.5) is 0 Å². The maximum atomic E-state index is 11.8. The summed E-state index contributed by atoms with van der Waals surface area (Å²) in [7, 11) is 0. The molecule has 1 aliphatic rings. The number of primary amides is 1. The molecule has 0 saturated carbocycles. The molecule has 2 heterocycles. The molecular weight excluding hydrogens is 264 g/mol. The van der Waals surface area contributed by atoms with Crippen LogP contribution in [-0.2, 0) is 25.7 Å². The van der Waals surface area contributed by atoms with E-state index in [1.807, 2.05) is 0 Å². The number of hydrogen-bond acceptors (Lipinski definition) is 5. The van der Waals surface area contributed by atoms with E-state index in [1.165, 1.54) is 18.1 Å². The Kier molecular flexibility index (Phi) is 4.07. The lowest BCUT2D eigenvalue weighted by Gasteiger charge is -2.15. The number of esters is 1. The van der Waals surface area contributed by atoms with Crippen molar-refractivity contribution >= 4 is 17.8 Å². The Morgan fingerprint density at radius 1 is 1.60 bits per heavy atom. The van der Waals surface area contributed by atoms with Gasteiger partial charge in [-0.1, -0.05) is 0 Å². The van der Waals surface area contributed by atoms with Gasteiger partial charge in [0.05, 0.1) is 18.7 Å². The van der Waals surface area contributed by atoms with E-state index in [-0.39, 0.29) is 18.9 Å². The summed E-state index contributed by atoms with van der Waals surface area (Å²) >= 11 is 0. The van der Waals surface area contributed by atoms with Gasteiger partial charge in [-0.2, -0.15) is 0 Å². The number of carbonyl (C=O) groups is 3. The third kappa shape index (κ3) is 3.17. The SMILES string of the molecule is C[C@@H](OC(=O)[C@H]1CC(=O)N(Cc2ccco2)C1)C(N)=O. The lowest BCUT2D eigenvalue weighted by atomic mass is 10.1. The van der Waals surface area contributed by atoms with E-state index in [4.69, 9.17) is 14.9 Å². The van der Waals surface area contributed by atoms with Crippen LogP contribution in [0.15, 0.2) is 22.8 Å². The van der Waals surface area contributed by atoms with Crippen molar-refractivity contribution in [3.63, 3.8) is 0 Å². The van der Waals surface area contributed by atoms with Crippen LogP contribution < -0.4 is 5.73 Å². The minimum atomic E-state index is -0.989. The van der Waals surface area contributed by atoms with Gasteiger partial charge >= 0.3 is 5.97 Å². The molecule has 0 bridgehead atoms. The van der Waals surface area contributed by atoms with Crippen molar-refractivity contribution in [1.29, 1.82) is 0 Å². The molecule has 1 saturated heterocycles. The average molecular weight is 280 g/mol. The van der Waals surface area contributed by atoms with E-state index < -0.39 is 23.9 Å². The Labute approximate surface area is 115 Å². The largest absolute Gasteiger partial charge is 0.467 e. The maximum Gasteiger partial charge on any atom is 0.312 e. The molecule has 0 unspecified atom stereocenters. The summed E-state index contributed by atoms with van der Waals surface area (Å²) in [5.74, 6) is -1.35. The topological polar surface area (TPSA) is 103 Å². The van der Waals surface area contributed by atoms with Crippen LogP contribution in [-0.4, -0.2) is 35.3 Å². The number of amides is 2. The van der Waals surface area contributed by atoms with Crippen molar-refractivity contribution in [2.45, 2.75) is 26.0 Å². The third-order valence-electron chi connectivity index (χ3n) is 3.17. The lowest BCUT2D eigenvalue weighted by Crippen LogP contribution is -2.33. The van der Waals surface area contributed by atoms with Gasteiger partial charge in [-0.3, -0.25) is 14.4 Å². The molecule has 1 aromatic heterocycles. The lowest BCUT2D eigenvalue weighted by molar-refractivity contribution is -0.157. The molecule has 2 N–H and O–H groups in total. The van der Waals surface area contributed by atoms with E-state index in [1.54, 1.807) is 12.1 Å². The highest BCUT2D eigenvalue weighted by atomic mass is 16.5. The Balaban J connectivity index is 1.91. The number of hydrogen-bond donors (Lipinski definition) is 1. The fourth-order valence-corrected chi connectivity index (χ4v) is 2.00. The summed E-state index contributed by atoms with van der Waals surface area (Å²) in [5.41, 5.74) is 5.02. The zero-order valence-electron chi connectivity index (χ0n) is 11.1. The molecule has 108 valence electrons. The first-order valence-electron chi connectivity index (χ1n) is 6.27. The molecule has 7 heteroatoms. The van der Waals surface area contributed by atoms with Crippen molar-refractivity contribution in [2.75, 3.05) is 6.54 Å². The number of carbonyl (C=O) groups excluding carboxylic acids is 3. The zero-order chi connectivity index (χ0) is 14.7. The normalized spacial score (nSPS) is 19.9. The first-order valence-corrected chi connectivity index (χ1v) is 6.27. The van der Waals surface area contributed by atoms with Crippen LogP contribution in [0.2, 0.25) is 0 Å². The first kappa shape index (κ1) is 14.1. The van der Waals surface area contributed by atoms with Crippen molar-refractivity contribution in [2.24, 2.45) is 11.7 Å². The summed E-state index contributed by atoms with van der Waals surface area (Å²) in [6, 6.07) is 3.49. The molecule has 1 aliphatic heterocycles. The average Bonchev–Trinajstić information content (AvgIpc) is 3.00. The van der Waals surface area contributed by atoms with Gasteiger partial charge in [-0.25, -0.2) is 0 Å². The molecule has 1 fully saturated rings. The monoisotopic (exact) mass is 280 g/mol. The number of nitrogens with two attached hydrogens (primary N) is 1. The minimum Gasteiger partial charge on any atom is -0.467 e. The summed E-state index contributed by atoms with van der Waals surface area (Å²) in [6.45, 7) is 1.97. The molecule has 1 aromatic rings. The van der Waals surface area contributed by atoms with Crippen LogP contribution in [0.3, 0.4) is 0 Å². The van der Waals surface area contributed by atoms with Crippen LogP contribution in [0.5, 0.6) is 0 Å². The minimum absolute atomic E-state index is 0.0744. The van der Waals surface area contributed by atoms with Gasteiger partial charge in [0.2, 0.25) is 5.91 Å². The molecule has 0 radical (unpaired) electrons. The van der Waals surface area contributed by atoms with E-state index in [9.17, 15) is 14.4 Å². The Bertz CT molecular complexity index is 511.